The minimum Gasteiger partial charge on any atom is -0.308 e. The van der Waals surface area contributed by atoms with Crippen molar-refractivity contribution in [1.82, 2.24) is 14.9 Å². The summed E-state index contributed by atoms with van der Waals surface area (Å²) in [6.45, 7) is 3.32. The highest BCUT2D eigenvalue weighted by Gasteiger charge is 2.31. The predicted octanol–water partition coefficient (Wildman–Crippen LogP) is 2.26. The number of aromatic amines is 1. The summed E-state index contributed by atoms with van der Waals surface area (Å²) >= 11 is 0. The summed E-state index contributed by atoms with van der Waals surface area (Å²) < 4.78 is 1.92. The largest absolute Gasteiger partial charge is 0.326 e. The number of aromatic nitrogens is 2. The zero-order valence-electron chi connectivity index (χ0n) is 11.2. The van der Waals surface area contributed by atoms with E-state index in [2.05, 4.69) is 35.4 Å². The molecule has 2 heterocycles. The summed E-state index contributed by atoms with van der Waals surface area (Å²) in [6.07, 6.45) is 4.64. The summed E-state index contributed by atoms with van der Waals surface area (Å²) in [6, 6.07) is 6.85. The maximum absolute atomic E-state index is 12.0. The van der Waals surface area contributed by atoms with E-state index < -0.39 is 0 Å². The molecule has 4 nitrogen and oxygen atoms in total. The lowest BCUT2D eigenvalue weighted by Gasteiger charge is -2.25. The van der Waals surface area contributed by atoms with E-state index in [4.69, 9.17) is 0 Å². The molecule has 4 heteroatoms. The van der Waals surface area contributed by atoms with Gasteiger partial charge in [0, 0.05) is 11.6 Å². The Morgan fingerprint density at radius 2 is 2.21 bits per heavy atom. The molecule has 0 amide bonds. The third-order valence-corrected chi connectivity index (χ3v) is 4.63. The molecule has 1 unspecified atom stereocenters. The Morgan fingerprint density at radius 3 is 2.89 bits per heavy atom. The average molecular weight is 257 g/mol. The van der Waals surface area contributed by atoms with Gasteiger partial charge in [-0.2, -0.15) is 0 Å². The van der Waals surface area contributed by atoms with Gasteiger partial charge in [-0.15, -0.1) is 0 Å². The molecule has 0 bridgehead atoms. The summed E-state index contributed by atoms with van der Waals surface area (Å²) in [5, 5.41) is 3.57. The van der Waals surface area contributed by atoms with Crippen LogP contribution in [0.5, 0.6) is 0 Å². The van der Waals surface area contributed by atoms with Crippen LogP contribution < -0.4 is 11.0 Å². The van der Waals surface area contributed by atoms with Crippen molar-refractivity contribution in [3.63, 3.8) is 0 Å². The van der Waals surface area contributed by atoms with Crippen LogP contribution in [0.4, 0.5) is 0 Å². The van der Waals surface area contributed by atoms with Crippen LogP contribution in [0.15, 0.2) is 23.0 Å². The van der Waals surface area contributed by atoms with Crippen LogP contribution >= 0.6 is 0 Å². The molecule has 1 atom stereocenters. The van der Waals surface area contributed by atoms with Gasteiger partial charge in [0.15, 0.2) is 0 Å². The van der Waals surface area contributed by atoms with Crippen molar-refractivity contribution in [2.24, 2.45) is 0 Å². The van der Waals surface area contributed by atoms with Gasteiger partial charge in [0.2, 0.25) is 0 Å². The second-order valence-electron chi connectivity index (χ2n) is 6.13. The highest BCUT2D eigenvalue weighted by Crippen LogP contribution is 2.37. The Morgan fingerprint density at radius 1 is 1.37 bits per heavy atom. The summed E-state index contributed by atoms with van der Waals surface area (Å²) in [7, 11) is 0. The van der Waals surface area contributed by atoms with Gasteiger partial charge in [-0.1, -0.05) is 6.07 Å². The highest BCUT2D eigenvalue weighted by atomic mass is 16.1. The van der Waals surface area contributed by atoms with Crippen LogP contribution in [-0.2, 0) is 5.54 Å². The molecule has 0 radical (unpaired) electrons. The number of hydrogen-bond donors (Lipinski definition) is 2. The fraction of sp³-hybridized carbons (Fsp3) is 0.533. The van der Waals surface area contributed by atoms with Gasteiger partial charge < -0.3 is 10.3 Å². The molecule has 2 aliphatic rings. The van der Waals surface area contributed by atoms with Crippen molar-refractivity contribution in [2.75, 3.05) is 6.54 Å². The molecule has 2 N–H and O–H groups in total. The number of nitrogens with one attached hydrogen (secondary N) is 2. The van der Waals surface area contributed by atoms with E-state index in [0.717, 1.165) is 36.8 Å². The van der Waals surface area contributed by atoms with Crippen molar-refractivity contribution >= 4 is 11.0 Å². The van der Waals surface area contributed by atoms with E-state index in [1.165, 1.54) is 12.0 Å². The molecule has 1 saturated carbocycles. The first-order valence-electron chi connectivity index (χ1n) is 7.17. The normalized spacial score (nSPS) is 27.2. The van der Waals surface area contributed by atoms with Crippen molar-refractivity contribution in [3.8, 4) is 0 Å². The van der Waals surface area contributed by atoms with Crippen molar-refractivity contribution < 1.29 is 0 Å². The summed E-state index contributed by atoms with van der Waals surface area (Å²) in [5.74, 6) is 0. The standard InChI is InChI=1S/C15H19N3O/c1-15(7-2-8-16-15)10-3-6-13-12(9-10)17-14(19)18(13)11-4-5-11/h3,6,9,11,16H,2,4-5,7-8H2,1H3,(H,17,19). The van der Waals surface area contributed by atoms with Crippen LogP contribution in [-0.4, -0.2) is 16.1 Å². The van der Waals surface area contributed by atoms with Crippen molar-refractivity contribution in [2.45, 2.75) is 44.2 Å². The van der Waals surface area contributed by atoms with E-state index in [1.807, 2.05) is 4.57 Å². The van der Waals surface area contributed by atoms with Gasteiger partial charge in [0.1, 0.15) is 0 Å². The van der Waals surface area contributed by atoms with E-state index in [9.17, 15) is 4.79 Å². The fourth-order valence-electron chi connectivity index (χ4n) is 3.31. The maximum Gasteiger partial charge on any atom is 0.326 e. The molecule has 1 saturated heterocycles. The summed E-state index contributed by atoms with van der Waals surface area (Å²) in [4.78, 5) is 15.0. The first-order chi connectivity index (χ1) is 9.17. The van der Waals surface area contributed by atoms with Gasteiger partial charge in [0.05, 0.1) is 11.0 Å². The zero-order valence-corrected chi connectivity index (χ0v) is 11.2. The second-order valence-corrected chi connectivity index (χ2v) is 6.13. The van der Waals surface area contributed by atoms with Crippen LogP contribution in [0.25, 0.3) is 11.0 Å². The molecule has 2 aromatic rings. The van der Waals surface area contributed by atoms with Crippen LogP contribution in [0.3, 0.4) is 0 Å². The number of fused-ring (bicyclic) bond motifs is 1. The lowest BCUT2D eigenvalue weighted by atomic mass is 9.90. The molecule has 4 rings (SSSR count). The van der Waals surface area contributed by atoms with Gasteiger partial charge in [0.25, 0.3) is 0 Å². The first kappa shape index (κ1) is 11.3. The minimum absolute atomic E-state index is 0.0409. The molecule has 1 aliphatic heterocycles. The minimum atomic E-state index is 0.0409. The smallest absolute Gasteiger partial charge is 0.308 e. The zero-order chi connectivity index (χ0) is 13.0. The molecule has 100 valence electrons. The molecule has 1 aromatic heterocycles. The molecule has 19 heavy (non-hydrogen) atoms. The number of benzene rings is 1. The quantitative estimate of drug-likeness (QED) is 0.867. The first-order valence-corrected chi connectivity index (χ1v) is 7.17. The van der Waals surface area contributed by atoms with Crippen LogP contribution in [0.1, 0.15) is 44.2 Å². The lowest BCUT2D eigenvalue weighted by Crippen LogP contribution is -2.32. The van der Waals surface area contributed by atoms with Crippen molar-refractivity contribution in [1.29, 1.82) is 0 Å². The van der Waals surface area contributed by atoms with E-state index in [-0.39, 0.29) is 11.2 Å². The Bertz CT molecular complexity index is 687. The average Bonchev–Trinajstić information content (AvgIpc) is 3.03. The molecule has 1 aromatic carbocycles. The monoisotopic (exact) mass is 257 g/mol. The second kappa shape index (κ2) is 3.73. The Hall–Kier alpha value is -1.55. The Kier molecular flexibility index (Phi) is 2.22. The highest BCUT2D eigenvalue weighted by molar-refractivity contribution is 5.76. The number of H-pyrrole nitrogens is 1. The third kappa shape index (κ3) is 1.66. The number of nitrogens with zero attached hydrogens (tertiary/aromatic N) is 1. The van der Waals surface area contributed by atoms with Gasteiger partial charge >= 0.3 is 5.69 Å². The lowest BCUT2D eigenvalue weighted by molar-refractivity contribution is 0.435. The molecule has 1 aliphatic carbocycles. The van der Waals surface area contributed by atoms with Crippen LogP contribution in [0.2, 0.25) is 0 Å². The van der Waals surface area contributed by atoms with Crippen molar-refractivity contribution in [3.05, 3.63) is 34.2 Å². The third-order valence-electron chi connectivity index (χ3n) is 4.63. The molecular formula is C15H19N3O. The number of imidazole rings is 1. The van der Waals surface area contributed by atoms with Crippen LogP contribution in [0, 0.1) is 0 Å². The predicted molar refractivity (Wildman–Crippen MR) is 75.4 cm³/mol. The maximum atomic E-state index is 12.0. The Balaban J connectivity index is 1.86. The number of rotatable bonds is 2. The molecular weight excluding hydrogens is 238 g/mol. The number of hydrogen-bond acceptors (Lipinski definition) is 2. The van der Waals surface area contributed by atoms with Gasteiger partial charge in [-0.3, -0.25) is 4.57 Å². The van der Waals surface area contributed by atoms with Gasteiger partial charge in [-0.25, -0.2) is 4.79 Å². The fourth-order valence-corrected chi connectivity index (χ4v) is 3.31. The van der Waals surface area contributed by atoms with E-state index in [1.54, 1.807) is 0 Å². The molecule has 0 spiro atoms. The topological polar surface area (TPSA) is 49.8 Å². The summed E-state index contributed by atoms with van der Waals surface area (Å²) in [5.41, 5.74) is 3.41. The van der Waals surface area contributed by atoms with Gasteiger partial charge in [-0.05, 0) is 56.8 Å². The Labute approximate surface area is 111 Å². The van der Waals surface area contributed by atoms with E-state index >= 15 is 0 Å². The van der Waals surface area contributed by atoms with E-state index in [0.29, 0.717) is 6.04 Å². The molecule has 2 fully saturated rings. The SMILES string of the molecule is CC1(c2ccc3c(c2)[nH]c(=O)n3C2CC2)CCCN1.